The number of hydrogen-bond acceptors (Lipinski definition) is 3. The number of benzene rings is 1. The number of aliphatic hydroxyl groups excluding tert-OH is 1. The van der Waals surface area contributed by atoms with Crippen molar-refractivity contribution in [3.63, 3.8) is 0 Å². The first kappa shape index (κ1) is 13.7. The first-order chi connectivity index (χ1) is 8.78. The van der Waals surface area contributed by atoms with Crippen LogP contribution < -0.4 is 5.32 Å². The minimum atomic E-state index is 0.105. The summed E-state index contributed by atoms with van der Waals surface area (Å²) in [7, 11) is 0. The Labute approximate surface area is 120 Å². The zero-order valence-corrected chi connectivity index (χ0v) is 12.4. The molecule has 0 amide bonds. The highest BCUT2D eigenvalue weighted by atomic mass is 79.9. The molecule has 0 saturated carbocycles. The van der Waals surface area contributed by atoms with E-state index in [1.807, 2.05) is 24.3 Å². The van der Waals surface area contributed by atoms with Crippen molar-refractivity contribution in [3.8, 4) is 0 Å². The highest BCUT2D eigenvalue weighted by Crippen LogP contribution is 2.21. The van der Waals surface area contributed by atoms with E-state index < -0.39 is 0 Å². The molecule has 0 radical (unpaired) electrons. The first-order valence-electron chi connectivity index (χ1n) is 5.90. The molecule has 0 saturated heterocycles. The van der Waals surface area contributed by atoms with Gasteiger partial charge in [-0.05, 0) is 40.0 Å². The van der Waals surface area contributed by atoms with E-state index >= 15 is 0 Å². The Morgan fingerprint density at radius 2 is 1.94 bits per heavy atom. The van der Waals surface area contributed by atoms with Gasteiger partial charge >= 0.3 is 0 Å². The smallest absolute Gasteiger partial charge is 0.0701 e. The normalized spacial score (nSPS) is 12.6. The highest BCUT2D eigenvalue weighted by Gasteiger charge is 2.08. The minimum Gasteiger partial charge on any atom is -0.395 e. The number of hydrogen-bond donors (Lipinski definition) is 2. The van der Waals surface area contributed by atoms with Crippen molar-refractivity contribution in [2.45, 2.75) is 19.0 Å². The van der Waals surface area contributed by atoms with Gasteiger partial charge in [0.25, 0.3) is 0 Å². The maximum atomic E-state index is 9.40. The van der Waals surface area contributed by atoms with Crippen LogP contribution in [0.15, 0.2) is 46.3 Å². The molecule has 1 atom stereocenters. The fraction of sp³-hybridized carbons (Fsp3) is 0.286. The molecule has 2 rings (SSSR count). The predicted octanol–water partition coefficient (Wildman–Crippen LogP) is 3.20. The van der Waals surface area contributed by atoms with Crippen molar-refractivity contribution in [2.75, 3.05) is 6.61 Å². The average Bonchev–Trinajstić information content (AvgIpc) is 2.81. The van der Waals surface area contributed by atoms with Gasteiger partial charge in [-0.25, -0.2) is 0 Å². The zero-order valence-electron chi connectivity index (χ0n) is 9.97. The lowest BCUT2D eigenvalue weighted by molar-refractivity contribution is 0.241. The molecule has 4 heteroatoms. The van der Waals surface area contributed by atoms with E-state index in [-0.39, 0.29) is 12.6 Å². The van der Waals surface area contributed by atoms with Crippen LogP contribution in [-0.2, 0) is 13.0 Å². The van der Waals surface area contributed by atoms with Crippen molar-refractivity contribution in [3.05, 3.63) is 56.7 Å². The monoisotopic (exact) mass is 325 g/mol. The Morgan fingerprint density at radius 3 is 2.56 bits per heavy atom. The second kappa shape index (κ2) is 7.04. The summed E-state index contributed by atoms with van der Waals surface area (Å²) in [5.74, 6) is 0. The zero-order chi connectivity index (χ0) is 12.8. The Bertz CT molecular complexity index is 472. The van der Waals surface area contributed by atoms with Gasteiger partial charge in [0.05, 0.1) is 10.4 Å². The van der Waals surface area contributed by atoms with E-state index in [1.165, 1.54) is 10.4 Å². The quantitative estimate of drug-likeness (QED) is 0.854. The van der Waals surface area contributed by atoms with Crippen LogP contribution in [0.5, 0.6) is 0 Å². The summed E-state index contributed by atoms with van der Waals surface area (Å²) in [5.41, 5.74) is 1.25. The van der Waals surface area contributed by atoms with E-state index in [0.29, 0.717) is 0 Å². The van der Waals surface area contributed by atoms with E-state index in [1.54, 1.807) is 11.3 Å². The highest BCUT2D eigenvalue weighted by molar-refractivity contribution is 9.11. The number of aliphatic hydroxyl groups is 1. The van der Waals surface area contributed by atoms with E-state index in [4.69, 9.17) is 0 Å². The maximum absolute atomic E-state index is 9.40. The van der Waals surface area contributed by atoms with Gasteiger partial charge < -0.3 is 10.4 Å². The number of thiophene rings is 1. The molecule has 18 heavy (non-hydrogen) atoms. The number of nitrogens with one attached hydrogen (secondary N) is 1. The summed E-state index contributed by atoms with van der Waals surface area (Å²) >= 11 is 5.17. The molecule has 2 aromatic rings. The molecular weight excluding hydrogens is 310 g/mol. The van der Waals surface area contributed by atoms with Crippen molar-refractivity contribution < 1.29 is 5.11 Å². The Morgan fingerprint density at radius 1 is 1.17 bits per heavy atom. The fourth-order valence-electron chi connectivity index (χ4n) is 1.79. The summed E-state index contributed by atoms with van der Waals surface area (Å²) in [6, 6.07) is 14.5. The molecule has 1 aromatic carbocycles. The van der Waals surface area contributed by atoms with Gasteiger partial charge in [0.2, 0.25) is 0 Å². The lowest BCUT2D eigenvalue weighted by Gasteiger charge is -2.15. The lowest BCUT2D eigenvalue weighted by atomic mass is 10.1. The third kappa shape index (κ3) is 4.21. The van der Waals surface area contributed by atoms with E-state index in [9.17, 15) is 5.11 Å². The molecule has 0 bridgehead atoms. The predicted molar refractivity (Wildman–Crippen MR) is 79.9 cm³/mol. The molecule has 0 fully saturated rings. The Balaban J connectivity index is 1.86. The van der Waals surface area contributed by atoms with Gasteiger partial charge in [0.1, 0.15) is 0 Å². The Kier molecular flexibility index (Phi) is 5.38. The molecule has 1 heterocycles. The van der Waals surface area contributed by atoms with Crippen LogP contribution in [0.25, 0.3) is 0 Å². The van der Waals surface area contributed by atoms with Crippen LogP contribution in [0.3, 0.4) is 0 Å². The summed E-state index contributed by atoms with van der Waals surface area (Å²) in [5, 5.41) is 12.8. The molecule has 0 spiro atoms. The number of halogens is 1. The van der Waals surface area contributed by atoms with Gasteiger partial charge in [-0.2, -0.15) is 0 Å². The molecule has 96 valence electrons. The molecule has 2 N–H and O–H groups in total. The van der Waals surface area contributed by atoms with Gasteiger partial charge in [-0.3, -0.25) is 0 Å². The standard InChI is InChI=1S/C14H16BrNOS/c15-14-7-6-13(18-14)9-16-12(10-17)8-11-4-2-1-3-5-11/h1-7,12,16-17H,8-10H2/t12-/m1/s1. The summed E-state index contributed by atoms with van der Waals surface area (Å²) < 4.78 is 1.14. The third-order valence-electron chi connectivity index (χ3n) is 2.74. The molecule has 0 aliphatic rings. The van der Waals surface area contributed by atoms with Crippen LogP contribution in [0, 0.1) is 0 Å². The van der Waals surface area contributed by atoms with Crippen LogP contribution in [0.2, 0.25) is 0 Å². The molecule has 0 aliphatic heterocycles. The minimum absolute atomic E-state index is 0.105. The van der Waals surface area contributed by atoms with Gasteiger partial charge in [-0.15, -0.1) is 11.3 Å². The molecule has 1 aromatic heterocycles. The molecular formula is C14H16BrNOS. The molecule has 2 nitrogen and oxygen atoms in total. The largest absolute Gasteiger partial charge is 0.395 e. The van der Waals surface area contributed by atoms with Gasteiger partial charge in [0, 0.05) is 17.5 Å². The summed E-state index contributed by atoms with van der Waals surface area (Å²) in [6.45, 7) is 0.954. The third-order valence-corrected chi connectivity index (χ3v) is 4.36. The topological polar surface area (TPSA) is 32.3 Å². The molecule has 0 unspecified atom stereocenters. The molecule has 0 aliphatic carbocycles. The van der Waals surface area contributed by atoms with Crippen molar-refractivity contribution in [2.24, 2.45) is 0 Å². The van der Waals surface area contributed by atoms with Crippen molar-refractivity contribution >= 4 is 27.3 Å². The van der Waals surface area contributed by atoms with Crippen LogP contribution in [0.4, 0.5) is 0 Å². The number of rotatable bonds is 6. The van der Waals surface area contributed by atoms with Crippen LogP contribution in [0.1, 0.15) is 10.4 Å². The summed E-state index contributed by atoms with van der Waals surface area (Å²) in [4.78, 5) is 1.27. The van der Waals surface area contributed by atoms with Crippen LogP contribution in [-0.4, -0.2) is 17.8 Å². The average molecular weight is 326 g/mol. The van der Waals surface area contributed by atoms with Crippen molar-refractivity contribution in [1.82, 2.24) is 5.32 Å². The Hall–Kier alpha value is -0.680. The van der Waals surface area contributed by atoms with Gasteiger partial charge in [-0.1, -0.05) is 30.3 Å². The van der Waals surface area contributed by atoms with Crippen LogP contribution >= 0.6 is 27.3 Å². The second-order valence-electron chi connectivity index (χ2n) is 4.16. The maximum Gasteiger partial charge on any atom is 0.0701 e. The van der Waals surface area contributed by atoms with E-state index in [2.05, 4.69) is 39.4 Å². The fourth-order valence-corrected chi connectivity index (χ4v) is 3.23. The summed E-state index contributed by atoms with van der Waals surface area (Å²) in [6.07, 6.45) is 0.851. The van der Waals surface area contributed by atoms with Gasteiger partial charge in [0.15, 0.2) is 0 Å². The van der Waals surface area contributed by atoms with Crippen molar-refractivity contribution in [1.29, 1.82) is 0 Å². The SMILES string of the molecule is OC[C@@H](Cc1ccccc1)NCc1ccc(Br)s1. The lowest BCUT2D eigenvalue weighted by Crippen LogP contribution is -2.33. The van der Waals surface area contributed by atoms with E-state index in [0.717, 1.165) is 16.8 Å². The first-order valence-corrected chi connectivity index (χ1v) is 7.51. The second-order valence-corrected chi connectivity index (χ2v) is 6.70.